The van der Waals surface area contributed by atoms with E-state index in [2.05, 4.69) is 32.1 Å². The number of aliphatic hydroxyl groups excluding tert-OH is 1. The summed E-state index contributed by atoms with van der Waals surface area (Å²) in [7, 11) is 0. The molecule has 0 saturated carbocycles. The van der Waals surface area contributed by atoms with Gasteiger partial charge in [0.05, 0.1) is 24.1 Å². The van der Waals surface area contributed by atoms with Gasteiger partial charge >= 0.3 is 0 Å². The van der Waals surface area contributed by atoms with Crippen LogP contribution in [-0.4, -0.2) is 39.1 Å². The molecule has 0 radical (unpaired) electrons. The van der Waals surface area contributed by atoms with Gasteiger partial charge in [0.2, 0.25) is 0 Å². The average molecular weight is 284 g/mol. The van der Waals surface area contributed by atoms with Gasteiger partial charge in [-0.3, -0.25) is 9.78 Å². The summed E-state index contributed by atoms with van der Waals surface area (Å²) in [6.07, 6.45) is 7.49. The van der Waals surface area contributed by atoms with Crippen LogP contribution in [0.15, 0.2) is 31.0 Å². The summed E-state index contributed by atoms with van der Waals surface area (Å²) in [5.74, 6) is 5.45. The highest BCUT2D eigenvalue weighted by Gasteiger charge is 2.09. The summed E-state index contributed by atoms with van der Waals surface area (Å²) in [5, 5.41) is 11.6. The minimum Gasteiger partial charge on any atom is -0.395 e. The third-order valence-electron chi connectivity index (χ3n) is 2.76. The van der Waals surface area contributed by atoms with Crippen LogP contribution < -0.4 is 5.32 Å². The average Bonchev–Trinajstić information content (AvgIpc) is 3.01. The van der Waals surface area contributed by atoms with Crippen LogP contribution in [0.5, 0.6) is 0 Å². The molecule has 0 bridgehead atoms. The zero-order valence-electron chi connectivity index (χ0n) is 11.5. The Kier molecular flexibility index (Phi) is 5.50. The number of nitrogens with one attached hydrogen (secondary N) is 2. The second-order valence-electron chi connectivity index (χ2n) is 4.28. The third-order valence-corrected chi connectivity index (χ3v) is 2.76. The molecule has 2 aromatic rings. The first-order chi connectivity index (χ1) is 10.3. The number of H-pyrrole nitrogens is 1. The molecule has 0 atom stereocenters. The topological polar surface area (TPSA) is 90.9 Å². The molecule has 108 valence electrons. The number of carbonyl (C=O) groups is 1. The van der Waals surface area contributed by atoms with E-state index >= 15 is 0 Å². The van der Waals surface area contributed by atoms with Crippen LogP contribution in [0.2, 0.25) is 0 Å². The third kappa shape index (κ3) is 4.44. The Labute approximate surface area is 122 Å². The van der Waals surface area contributed by atoms with E-state index in [1.807, 2.05) is 0 Å². The standard InChI is InChI=1S/C15H16N4O2/c20-8-2-1-3-12-9-16-6-5-14(12)15(21)18-7-4-13-10-17-11-19-13/h5-6,9-11,20H,2,4,7-8H2,(H,17,19)(H,18,21). The number of carbonyl (C=O) groups excluding carboxylic acids is 1. The highest BCUT2D eigenvalue weighted by atomic mass is 16.2. The van der Waals surface area contributed by atoms with Crippen LogP contribution in [-0.2, 0) is 6.42 Å². The number of aliphatic hydroxyl groups is 1. The van der Waals surface area contributed by atoms with E-state index in [0.717, 1.165) is 5.69 Å². The van der Waals surface area contributed by atoms with Crippen LogP contribution in [0.25, 0.3) is 0 Å². The number of amides is 1. The quantitative estimate of drug-likeness (QED) is 0.698. The van der Waals surface area contributed by atoms with Crippen molar-refractivity contribution in [2.24, 2.45) is 0 Å². The molecular formula is C15H16N4O2. The molecule has 0 fully saturated rings. The van der Waals surface area contributed by atoms with Gasteiger partial charge in [-0.2, -0.15) is 0 Å². The first kappa shape index (κ1) is 14.8. The van der Waals surface area contributed by atoms with Crippen molar-refractivity contribution >= 4 is 5.91 Å². The Hall–Kier alpha value is -2.65. The fraction of sp³-hybridized carbons (Fsp3) is 0.267. The molecule has 0 aliphatic heterocycles. The van der Waals surface area contributed by atoms with E-state index in [1.165, 1.54) is 0 Å². The summed E-state index contributed by atoms with van der Waals surface area (Å²) in [6.45, 7) is 0.506. The van der Waals surface area contributed by atoms with Gasteiger partial charge in [0, 0.05) is 43.7 Å². The summed E-state index contributed by atoms with van der Waals surface area (Å²) < 4.78 is 0. The number of hydrogen-bond donors (Lipinski definition) is 3. The Morgan fingerprint density at radius 2 is 2.29 bits per heavy atom. The normalized spacial score (nSPS) is 9.76. The number of hydrogen-bond acceptors (Lipinski definition) is 4. The van der Waals surface area contributed by atoms with Crippen molar-refractivity contribution < 1.29 is 9.90 Å². The van der Waals surface area contributed by atoms with Gasteiger partial charge in [-0.1, -0.05) is 11.8 Å². The highest BCUT2D eigenvalue weighted by molar-refractivity contribution is 5.96. The molecule has 3 N–H and O–H groups in total. The molecule has 6 nitrogen and oxygen atoms in total. The largest absolute Gasteiger partial charge is 0.395 e. The van der Waals surface area contributed by atoms with Crippen LogP contribution in [0.4, 0.5) is 0 Å². The molecule has 1 amide bonds. The molecule has 0 aromatic carbocycles. The van der Waals surface area contributed by atoms with Crippen molar-refractivity contribution in [3.8, 4) is 11.8 Å². The van der Waals surface area contributed by atoms with E-state index in [9.17, 15) is 4.79 Å². The Morgan fingerprint density at radius 3 is 3.05 bits per heavy atom. The Bertz CT molecular complexity index is 641. The number of pyridine rings is 1. The number of nitrogens with zero attached hydrogens (tertiary/aromatic N) is 2. The summed E-state index contributed by atoms with van der Waals surface area (Å²) in [5.41, 5.74) is 2.01. The smallest absolute Gasteiger partial charge is 0.252 e. The molecule has 0 aliphatic rings. The maximum atomic E-state index is 12.1. The maximum absolute atomic E-state index is 12.1. The zero-order valence-corrected chi connectivity index (χ0v) is 11.5. The van der Waals surface area contributed by atoms with E-state index in [4.69, 9.17) is 5.11 Å². The maximum Gasteiger partial charge on any atom is 0.252 e. The monoisotopic (exact) mass is 284 g/mol. The van der Waals surface area contributed by atoms with Crippen LogP contribution in [0.1, 0.15) is 28.0 Å². The molecular weight excluding hydrogens is 268 g/mol. The van der Waals surface area contributed by atoms with Crippen molar-refractivity contribution in [3.63, 3.8) is 0 Å². The molecule has 0 saturated heterocycles. The van der Waals surface area contributed by atoms with Crippen molar-refractivity contribution in [3.05, 3.63) is 47.8 Å². The lowest BCUT2D eigenvalue weighted by Crippen LogP contribution is -2.26. The van der Waals surface area contributed by atoms with Crippen molar-refractivity contribution in [2.75, 3.05) is 13.2 Å². The van der Waals surface area contributed by atoms with Crippen molar-refractivity contribution in [1.29, 1.82) is 0 Å². The second-order valence-corrected chi connectivity index (χ2v) is 4.28. The number of rotatable bonds is 5. The fourth-order valence-electron chi connectivity index (χ4n) is 1.73. The van der Waals surface area contributed by atoms with Crippen molar-refractivity contribution in [1.82, 2.24) is 20.3 Å². The lowest BCUT2D eigenvalue weighted by molar-refractivity contribution is 0.0953. The summed E-state index contributed by atoms with van der Waals surface area (Å²) >= 11 is 0. The molecule has 2 aromatic heterocycles. The Morgan fingerprint density at radius 1 is 1.38 bits per heavy atom. The molecule has 2 heterocycles. The van der Waals surface area contributed by atoms with Gasteiger partial charge in [-0.05, 0) is 6.07 Å². The molecule has 6 heteroatoms. The Balaban J connectivity index is 1.97. The zero-order chi connectivity index (χ0) is 14.9. The van der Waals surface area contributed by atoms with E-state index in [-0.39, 0.29) is 12.5 Å². The van der Waals surface area contributed by atoms with Gasteiger partial charge in [-0.15, -0.1) is 0 Å². The van der Waals surface area contributed by atoms with E-state index < -0.39 is 0 Å². The van der Waals surface area contributed by atoms with E-state index in [1.54, 1.807) is 31.0 Å². The van der Waals surface area contributed by atoms with Gasteiger partial charge < -0.3 is 15.4 Å². The second kappa shape index (κ2) is 7.82. The molecule has 0 spiro atoms. The van der Waals surface area contributed by atoms with Gasteiger partial charge in [0.1, 0.15) is 0 Å². The van der Waals surface area contributed by atoms with Crippen LogP contribution >= 0.6 is 0 Å². The highest BCUT2D eigenvalue weighted by Crippen LogP contribution is 2.05. The number of imidazole rings is 1. The number of aromatic nitrogens is 3. The fourth-order valence-corrected chi connectivity index (χ4v) is 1.73. The van der Waals surface area contributed by atoms with E-state index in [0.29, 0.717) is 30.5 Å². The molecule has 21 heavy (non-hydrogen) atoms. The summed E-state index contributed by atoms with van der Waals surface area (Å²) in [4.78, 5) is 23.0. The van der Waals surface area contributed by atoms with Crippen LogP contribution in [0, 0.1) is 11.8 Å². The molecule has 2 rings (SSSR count). The number of aromatic amines is 1. The van der Waals surface area contributed by atoms with Gasteiger partial charge in [-0.25, -0.2) is 4.98 Å². The SMILES string of the molecule is O=C(NCCc1cnc[nH]1)c1ccncc1C#CCCO. The minimum atomic E-state index is -0.190. The predicted octanol–water partition coefficient (Wildman–Crippen LogP) is 0.511. The summed E-state index contributed by atoms with van der Waals surface area (Å²) in [6, 6.07) is 1.63. The first-order valence-corrected chi connectivity index (χ1v) is 6.60. The van der Waals surface area contributed by atoms with Crippen LogP contribution in [0.3, 0.4) is 0 Å². The molecule has 0 unspecified atom stereocenters. The predicted molar refractivity (Wildman–Crippen MR) is 77.4 cm³/mol. The van der Waals surface area contributed by atoms with Crippen molar-refractivity contribution in [2.45, 2.75) is 12.8 Å². The lowest BCUT2D eigenvalue weighted by atomic mass is 10.1. The van der Waals surface area contributed by atoms with Gasteiger partial charge in [0.25, 0.3) is 5.91 Å². The first-order valence-electron chi connectivity index (χ1n) is 6.60. The van der Waals surface area contributed by atoms with Gasteiger partial charge in [0.15, 0.2) is 0 Å². The molecule has 0 aliphatic carbocycles. The lowest BCUT2D eigenvalue weighted by Gasteiger charge is -2.05. The minimum absolute atomic E-state index is 0.00102.